The highest BCUT2D eigenvalue weighted by atomic mass is 79.9. The normalized spacial score (nSPS) is 10.9. The van der Waals surface area contributed by atoms with Crippen molar-refractivity contribution in [2.24, 2.45) is 0 Å². The average molecular weight is 397 g/mol. The quantitative estimate of drug-likeness (QED) is 0.459. The number of thiophene rings is 1. The van der Waals surface area contributed by atoms with Gasteiger partial charge in [-0.2, -0.15) is 0 Å². The van der Waals surface area contributed by atoms with Crippen LogP contribution < -0.4 is 9.47 Å². The molecule has 22 heavy (non-hydrogen) atoms. The van der Waals surface area contributed by atoms with Gasteiger partial charge in [-0.25, -0.2) is 9.97 Å². The monoisotopic (exact) mass is 396 g/mol. The summed E-state index contributed by atoms with van der Waals surface area (Å²) in [4.78, 5) is 8.66. The molecule has 1 aromatic carbocycles. The first-order chi connectivity index (χ1) is 10.7. The van der Waals surface area contributed by atoms with Crippen LogP contribution in [0, 0.1) is 0 Å². The van der Waals surface area contributed by atoms with Gasteiger partial charge in [-0.3, -0.25) is 0 Å². The van der Waals surface area contributed by atoms with Crippen molar-refractivity contribution >= 4 is 49.2 Å². The van der Waals surface area contributed by atoms with Crippen LogP contribution in [0.4, 0.5) is 0 Å². The van der Waals surface area contributed by atoms with Crippen LogP contribution in [0.5, 0.6) is 11.5 Å². The molecule has 0 spiro atoms. The molecule has 3 aromatic rings. The molecule has 0 saturated carbocycles. The van der Waals surface area contributed by atoms with E-state index in [1.165, 1.54) is 0 Å². The largest absolute Gasteiger partial charge is 0.493 e. The molecule has 4 nitrogen and oxygen atoms in total. The second kappa shape index (κ2) is 6.85. The molecule has 0 saturated heterocycles. The number of halogens is 1. The summed E-state index contributed by atoms with van der Waals surface area (Å²) in [6.45, 7) is 0. The fourth-order valence-electron chi connectivity index (χ4n) is 2.02. The van der Waals surface area contributed by atoms with E-state index in [-0.39, 0.29) is 0 Å². The molecule has 0 radical (unpaired) electrons. The van der Waals surface area contributed by atoms with Gasteiger partial charge in [-0.05, 0) is 29.1 Å². The van der Waals surface area contributed by atoms with Crippen LogP contribution in [0.2, 0.25) is 0 Å². The minimum Gasteiger partial charge on any atom is -0.493 e. The summed E-state index contributed by atoms with van der Waals surface area (Å²) in [5.74, 6) is 2.22. The van der Waals surface area contributed by atoms with Crippen molar-refractivity contribution in [3.63, 3.8) is 0 Å². The Morgan fingerprint density at radius 2 is 1.95 bits per heavy atom. The maximum absolute atomic E-state index is 5.36. The molecule has 0 aliphatic carbocycles. The van der Waals surface area contributed by atoms with Crippen molar-refractivity contribution in [1.82, 2.24) is 9.97 Å². The van der Waals surface area contributed by atoms with Gasteiger partial charge < -0.3 is 9.47 Å². The van der Waals surface area contributed by atoms with E-state index in [1.807, 2.05) is 23.6 Å². The highest BCUT2D eigenvalue weighted by Gasteiger charge is 2.12. The Morgan fingerprint density at radius 1 is 1.18 bits per heavy atom. The van der Waals surface area contributed by atoms with E-state index in [1.54, 1.807) is 43.6 Å². The second-order valence-electron chi connectivity index (χ2n) is 4.40. The van der Waals surface area contributed by atoms with Gasteiger partial charge in [0.15, 0.2) is 11.5 Å². The molecule has 7 heteroatoms. The van der Waals surface area contributed by atoms with Gasteiger partial charge in [0.05, 0.1) is 24.4 Å². The van der Waals surface area contributed by atoms with Gasteiger partial charge in [0, 0.05) is 10.2 Å². The SMILES string of the molecule is COc1cc(Br)c(CSc2ncnc3ccsc23)cc1OC. The lowest BCUT2D eigenvalue weighted by Gasteiger charge is -2.11. The molecule has 0 fully saturated rings. The number of nitrogens with zero attached hydrogens (tertiary/aromatic N) is 2. The minimum atomic E-state index is 0.714. The second-order valence-corrected chi connectivity index (χ2v) is 7.14. The van der Waals surface area contributed by atoms with E-state index < -0.39 is 0 Å². The first-order valence-corrected chi connectivity index (χ1v) is 9.10. The van der Waals surface area contributed by atoms with Crippen molar-refractivity contribution in [1.29, 1.82) is 0 Å². The number of hydrogen-bond acceptors (Lipinski definition) is 6. The zero-order chi connectivity index (χ0) is 15.5. The van der Waals surface area contributed by atoms with Crippen LogP contribution in [-0.4, -0.2) is 24.2 Å². The van der Waals surface area contributed by atoms with Crippen molar-refractivity contribution < 1.29 is 9.47 Å². The predicted octanol–water partition coefficient (Wildman–Crippen LogP) is 4.76. The summed E-state index contributed by atoms with van der Waals surface area (Å²) in [5.41, 5.74) is 2.12. The zero-order valence-electron chi connectivity index (χ0n) is 12.0. The van der Waals surface area contributed by atoms with Crippen LogP contribution in [0.15, 0.2) is 39.4 Å². The molecule has 0 amide bonds. The summed E-state index contributed by atoms with van der Waals surface area (Å²) >= 11 is 6.94. The van der Waals surface area contributed by atoms with Crippen molar-refractivity contribution in [3.05, 3.63) is 39.9 Å². The Labute approximate surface area is 145 Å². The molecular weight excluding hydrogens is 384 g/mol. The highest BCUT2D eigenvalue weighted by Crippen LogP contribution is 2.37. The fourth-order valence-corrected chi connectivity index (χ4v) is 4.61. The predicted molar refractivity (Wildman–Crippen MR) is 94.2 cm³/mol. The Bertz CT molecular complexity index is 807. The molecule has 0 bridgehead atoms. The Kier molecular flexibility index (Phi) is 4.85. The van der Waals surface area contributed by atoms with Gasteiger partial charge in [-0.15, -0.1) is 23.1 Å². The number of fused-ring (bicyclic) bond motifs is 1. The van der Waals surface area contributed by atoms with Crippen LogP contribution in [-0.2, 0) is 5.75 Å². The lowest BCUT2D eigenvalue weighted by Crippen LogP contribution is -1.93. The standard InChI is InChI=1S/C15H13BrN2O2S2/c1-19-12-5-9(10(16)6-13(12)20-2)7-22-15-14-11(3-4-21-14)17-8-18-15/h3-6,8H,7H2,1-2H3. The molecule has 2 heterocycles. The number of thioether (sulfide) groups is 1. The van der Waals surface area contributed by atoms with Crippen LogP contribution >= 0.6 is 39.0 Å². The van der Waals surface area contributed by atoms with E-state index in [9.17, 15) is 0 Å². The number of ether oxygens (including phenoxy) is 2. The lowest BCUT2D eigenvalue weighted by molar-refractivity contribution is 0.354. The van der Waals surface area contributed by atoms with Crippen molar-refractivity contribution in [2.75, 3.05) is 14.2 Å². The first-order valence-electron chi connectivity index (χ1n) is 6.44. The van der Waals surface area contributed by atoms with E-state index in [4.69, 9.17) is 9.47 Å². The third-order valence-corrected chi connectivity index (χ3v) is 5.94. The lowest BCUT2D eigenvalue weighted by atomic mass is 10.2. The minimum absolute atomic E-state index is 0.714. The summed E-state index contributed by atoms with van der Waals surface area (Å²) in [6, 6.07) is 5.93. The maximum Gasteiger partial charge on any atom is 0.161 e. The smallest absolute Gasteiger partial charge is 0.161 e. The molecule has 114 valence electrons. The van der Waals surface area contributed by atoms with Crippen molar-refractivity contribution in [3.8, 4) is 11.5 Å². The number of benzene rings is 1. The Hall–Kier alpha value is -1.31. The summed E-state index contributed by atoms with van der Waals surface area (Å²) in [6.07, 6.45) is 1.61. The van der Waals surface area contributed by atoms with Gasteiger partial charge in [0.1, 0.15) is 11.4 Å². The number of aromatic nitrogens is 2. The van der Waals surface area contributed by atoms with Crippen LogP contribution in [0.3, 0.4) is 0 Å². The molecular formula is C15H13BrN2O2S2. The van der Waals surface area contributed by atoms with Crippen LogP contribution in [0.25, 0.3) is 10.2 Å². The number of hydrogen-bond donors (Lipinski definition) is 0. The molecule has 0 aliphatic heterocycles. The van der Waals surface area contributed by atoms with Gasteiger partial charge >= 0.3 is 0 Å². The zero-order valence-corrected chi connectivity index (χ0v) is 15.2. The van der Waals surface area contributed by atoms with Gasteiger partial charge in [-0.1, -0.05) is 15.9 Å². The van der Waals surface area contributed by atoms with E-state index in [0.717, 1.165) is 36.8 Å². The summed E-state index contributed by atoms with van der Waals surface area (Å²) in [7, 11) is 3.27. The maximum atomic E-state index is 5.36. The third-order valence-electron chi connectivity index (χ3n) is 3.13. The Balaban J connectivity index is 1.86. The summed E-state index contributed by atoms with van der Waals surface area (Å²) < 4.78 is 12.8. The molecule has 3 rings (SSSR count). The Morgan fingerprint density at radius 3 is 2.73 bits per heavy atom. The molecule has 2 aromatic heterocycles. The number of methoxy groups -OCH3 is 2. The van der Waals surface area contributed by atoms with Crippen LogP contribution in [0.1, 0.15) is 5.56 Å². The van der Waals surface area contributed by atoms with Crippen molar-refractivity contribution in [2.45, 2.75) is 10.8 Å². The first kappa shape index (κ1) is 15.6. The molecule has 0 aliphatic rings. The fraction of sp³-hybridized carbons (Fsp3) is 0.200. The van der Waals surface area contributed by atoms with E-state index >= 15 is 0 Å². The van der Waals surface area contributed by atoms with Gasteiger partial charge in [0.2, 0.25) is 0 Å². The van der Waals surface area contributed by atoms with E-state index in [2.05, 4.69) is 25.9 Å². The highest BCUT2D eigenvalue weighted by molar-refractivity contribution is 9.10. The summed E-state index contributed by atoms with van der Waals surface area (Å²) in [5, 5.41) is 3.04. The van der Waals surface area contributed by atoms with Gasteiger partial charge in [0.25, 0.3) is 0 Å². The topological polar surface area (TPSA) is 44.2 Å². The average Bonchev–Trinajstić information content (AvgIpc) is 3.02. The molecule has 0 N–H and O–H groups in total. The molecule has 0 unspecified atom stereocenters. The third kappa shape index (κ3) is 3.06. The van der Waals surface area contributed by atoms with E-state index in [0.29, 0.717) is 5.75 Å². The number of rotatable bonds is 5. The molecule has 0 atom stereocenters.